The third-order valence-electron chi connectivity index (χ3n) is 4.05. The van der Waals surface area contributed by atoms with Crippen LogP contribution in [0.2, 0.25) is 5.02 Å². The predicted molar refractivity (Wildman–Crippen MR) is 85.6 cm³/mol. The van der Waals surface area contributed by atoms with Crippen molar-refractivity contribution >= 4 is 23.2 Å². The van der Waals surface area contributed by atoms with Crippen LogP contribution in [0.15, 0.2) is 35.8 Å². The second-order valence-electron chi connectivity index (χ2n) is 5.58. The predicted octanol–water partition coefficient (Wildman–Crippen LogP) is 0.524. The van der Waals surface area contributed by atoms with Crippen LogP contribution in [0, 0.1) is 0 Å². The highest BCUT2D eigenvalue weighted by molar-refractivity contribution is 6.30. The molecule has 0 spiro atoms. The molecule has 4 heterocycles. The number of carbonyl (C=O) groups is 1. The number of aromatic nitrogens is 5. The third kappa shape index (κ3) is 2.54. The minimum atomic E-state index is -0.184. The van der Waals surface area contributed by atoms with Crippen LogP contribution in [0.1, 0.15) is 11.3 Å². The minimum Gasteiger partial charge on any atom is -0.336 e. The second-order valence-corrected chi connectivity index (χ2v) is 6.01. The lowest BCUT2D eigenvalue weighted by atomic mass is 10.1. The summed E-state index contributed by atoms with van der Waals surface area (Å²) in [6.07, 6.45) is 4.96. The summed E-state index contributed by atoms with van der Waals surface area (Å²) in [7, 11) is 0. The molecule has 24 heavy (non-hydrogen) atoms. The van der Waals surface area contributed by atoms with E-state index in [4.69, 9.17) is 11.6 Å². The molecule has 0 aromatic carbocycles. The Balaban J connectivity index is 1.67. The van der Waals surface area contributed by atoms with E-state index in [2.05, 4.69) is 15.1 Å². The van der Waals surface area contributed by atoms with Crippen LogP contribution in [0.4, 0.5) is 0 Å². The van der Waals surface area contributed by atoms with Crippen molar-refractivity contribution in [2.24, 2.45) is 0 Å². The Bertz CT molecular complexity index is 982. The van der Waals surface area contributed by atoms with Gasteiger partial charge in [-0.25, -0.2) is 14.6 Å². The molecule has 0 saturated heterocycles. The molecule has 1 amide bonds. The molecule has 4 rings (SSSR count). The fourth-order valence-electron chi connectivity index (χ4n) is 2.84. The van der Waals surface area contributed by atoms with Crippen molar-refractivity contribution in [3.8, 4) is 0 Å². The van der Waals surface area contributed by atoms with Crippen LogP contribution in [0.5, 0.6) is 0 Å². The molecule has 0 atom stereocenters. The Labute approximate surface area is 141 Å². The van der Waals surface area contributed by atoms with Gasteiger partial charge in [0.05, 0.1) is 22.8 Å². The molecular weight excluding hydrogens is 332 g/mol. The highest BCUT2D eigenvalue weighted by Crippen LogP contribution is 2.17. The number of rotatable bonds is 2. The van der Waals surface area contributed by atoms with Gasteiger partial charge in [-0.3, -0.25) is 14.0 Å². The topological polar surface area (TPSA) is 85.4 Å². The fourth-order valence-corrected chi connectivity index (χ4v) is 3.00. The molecule has 0 saturated carbocycles. The summed E-state index contributed by atoms with van der Waals surface area (Å²) in [5, 5.41) is 4.39. The van der Waals surface area contributed by atoms with Crippen molar-refractivity contribution in [3.05, 3.63) is 57.6 Å². The van der Waals surface area contributed by atoms with Gasteiger partial charge in [0.1, 0.15) is 24.8 Å². The van der Waals surface area contributed by atoms with Gasteiger partial charge in [0.2, 0.25) is 5.91 Å². The molecule has 9 heteroatoms. The Kier molecular flexibility index (Phi) is 3.53. The first-order valence-electron chi connectivity index (χ1n) is 7.41. The zero-order valence-corrected chi connectivity index (χ0v) is 13.3. The zero-order chi connectivity index (χ0) is 16.7. The molecule has 0 aliphatic carbocycles. The number of nitrogens with zero attached hydrogens (tertiary/aromatic N) is 6. The van der Waals surface area contributed by atoms with Gasteiger partial charge in [-0.1, -0.05) is 11.6 Å². The standard InChI is InChI=1S/C15H13ClN6O2/c16-10-1-2-13-19-12-3-4-20(6-11(12)15(24)22(13)5-10)14(23)7-21-9-17-8-18-21/h1-2,5,8-9H,3-4,6-7H2. The molecule has 122 valence electrons. The van der Waals surface area contributed by atoms with Gasteiger partial charge in [-0.15, -0.1) is 0 Å². The lowest BCUT2D eigenvalue weighted by Crippen LogP contribution is -2.41. The maximum atomic E-state index is 12.7. The van der Waals surface area contributed by atoms with Crippen molar-refractivity contribution in [2.75, 3.05) is 6.54 Å². The lowest BCUT2D eigenvalue weighted by Gasteiger charge is -2.28. The molecule has 1 aliphatic rings. The molecule has 0 radical (unpaired) electrons. The van der Waals surface area contributed by atoms with Crippen molar-refractivity contribution < 1.29 is 4.79 Å². The fraction of sp³-hybridized carbons (Fsp3) is 0.267. The molecule has 0 N–H and O–H groups in total. The second kappa shape index (κ2) is 5.72. The molecule has 8 nitrogen and oxygen atoms in total. The highest BCUT2D eigenvalue weighted by atomic mass is 35.5. The smallest absolute Gasteiger partial charge is 0.263 e. The van der Waals surface area contributed by atoms with E-state index in [1.165, 1.54) is 21.7 Å². The van der Waals surface area contributed by atoms with Gasteiger partial charge in [0.15, 0.2) is 0 Å². The summed E-state index contributed by atoms with van der Waals surface area (Å²) in [4.78, 5) is 35.1. The van der Waals surface area contributed by atoms with E-state index in [0.29, 0.717) is 29.2 Å². The first kappa shape index (κ1) is 14.8. The van der Waals surface area contributed by atoms with Gasteiger partial charge in [0, 0.05) is 19.2 Å². The number of carbonyl (C=O) groups excluding carboxylic acids is 1. The number of fused-ring (bicyclic) bond motifs is 2. The van der Waals surface area contributed by atoms with E-state index in [1.54, 1.807) is 23.2 Å². The van der Waals surface area contributed by atoms with Crippen LogP contribution in [-0.4, -0.2) is 41.5 Å². The summed E-state index contributed by atoms with van der Waals surface area (Å²) in [6, 6.07) is 3.42. The molecule has 0 unspecified atom stereocenters. The van der Waals surface area contributed by atoms with E-state index in [-0.39, 0.29) is 24.6 Å². The highest BCUT2D eigenvalue weighted by Gasteiger charge is 2.25. The minimum absolute atomic E-state index is 0.101. The first-order chi connectivity index (χ1) is 11.6. The molecule has 3 aromatic heterocycles. The van der Waals surface area contributed by atoms with E-state index in [0.717, 1.165) is 5.69 Å². The van der Waals surface area contributed by atoms with Crippen molar-refractivity contribution in [1.29, 1.82) is 0 Å². The van der Waals surface area contributed by atoms with E-state index in [9.17, 15) is 9.59 Å². The summed E-state index contributed by atoms with van der Waals surface area (Å²) in [5.74, 6) is -0.109. The van der Waals surface area contributed by atoms with Crippen LogP contribution in [0.3, 0.4) is 0 Å². The molecular formula is C15H13ClN6O2. The Morgan fingerprint density at radius 1 is 1.33 bits per heavy atom. The Hall–Kier alpha value is -2.74. The summed E-state index contributed by atoms with van der Waals surface area (Å²) in [6.45, 7) is 0.865. The van der Waals surface area contributed by atoms with Gasteiger partial charge in [0.25, 0.3) is 5.56 Å². The SMILES string of the molecule is O=C(Cn1cncn1)N1CCc2nc3ccc(Cl)cn3c(=O)c2C1. The number of hydrogen-bond acceptors (Lipinski definition) is 5. The Morgan fingerprint density at radius 2 is 2.21 bits per heavy atom. The van der Waals surface area contributed by atoms with Gasteiger partial charge >= 0.3 is 0 Å². The molecule has 3 aromatic rings. The monoisotopic (exact) mass is 344 g/mol. The van der Waals surface area contributed by atoms with Gasteiger partial charge in [-0.05, 0) is 12.1 Å². The van der Waals surface area contributed by atoms with E-state index >= 15 is 0 Å². The molecule has 0 fully saturated rings. The number of halogens is 1. The Morgan fingerprint density at radius 3 is 3.00 bits per heavy atom. The van der Waals surface area contributed by atoms with Gasteiger partial charge < -0.3 is 4.90 Å². The largest absolute Gasteiger partial charge is 0.336 e. The average Bonchev–Trinajstić information content (AvgIpc) is 3.08. The number of hydrogen-bond donors (Lipinski definition) is 0. The van der Waals surface area contributed by atoms with E-state index in [1.807, 2.05) is 0 Å². The first-order valence-corrected chi connectivity index (χ1v) is 7.79. The normalized spacial score (nSPS) is 14.0. The zero-order valence-electron chi connectivity index (χ0n) is 12.6. The average molecular weight is 345 g/mol. The summed E-state index contributed by atoms with van der Waals surface area (Å²) < 4.78 is 2.88. The van der Waals surface area contributed by atoms with Gasteiger partial charge in [-0.2, -0.15) is 5.10 Å². The molecule has 1 aliphatic heterocycles. The number of amides is 1. The van der Waals surface area contributed by atoms with Crippen LogP contribution >= 0.6 is 11.6 Å². The van der Waals surface area contributed by atoms with E-state index < -0.39 is 0 Å². The lowest BCUT2D eigenvalue weighted by molar-refractivity contribution is -0.133. The molecule has 0 bridgehead atoms. The summed E-state index contributed by atoms with van der Waals surface area (Å²) in [5.41, 5.74) is 1.65. The maximum absolute atomic E-state index is 12.7. The number of pyridine rings is 1. The van der Waals surface area contributed by atoms with Crippen molar-refractivity contribution in [2.45, 2.75) is 19.5 Å². The van der Waals surface area contributed by atoms with Crippen molar-refractivity contribution in [3.63, 3.8) is 0 Å². The third-order valence-corrected chi connectivity index (χ3v) is 4.27. The van der Waals surface area contributed by atoms with Crippen LogP contribution in [-0.2, 0) is 24.3 Å². The van der Waals surface area contributed by atoms with Crippen LogP contribution < -0.4 is 5.56 Å². The van der Waals surface area contributed by atoms with Crippen LogP contribution in [0.25, 0.3) is 5.65 Å². The van der Waals surface area contributed by atoms with Crippen molar-refractivity contribution in [1.82, 2.24) is 29.0 Å². The maximum Gasteiger partial charge on any atom is 0.263 e. The quantitative estimate of drug-likeness (QED) is 0.676. The summed E-state index contributed by atoms with van der Waals surface area (Å²) >= 11 is 5.96.